The van der Waals surface area contributed by atoms with Gasteiger partial charge in [-0.3, -0.25) is 4.79 Å². The Hall–Kier alpha value is -2.07. The summed E-state index contributed by atoms with van der Waals surface area (Å²) in [4.78, 5) is 12.4. The van der Waals surface area contributed by atoms with Gasteiger partial charge in [-0.1, -0.05) is 30.7 Å². The van der Waals surface area contributed by atoms with Crippen LogP contribution in [0.1, 0.15) is 24.5 Å². The van der Waals surface area contributed by atoms with Crippen molar-refractivity contribution >= 4 is 23.2 Å². The first-order valence-corrected chi connectivity index (χ1v) is 7.79. The van der Waals surface area contributed by atoms with Gasteiger partial charge in [0.15, 0.2) is 6.10 Å². The molecule has 2 aromatic rings. The maximum atomic E-state index is 13.2. The second kappa shape index (κ2) is 7.47. The average Bonchev–Trinajstić information content (AvgIpc) is 2.52. The number of rotatable bonds is 5. The number of aryl methyl sites for hydroxylation is 1. The molecule has 0 heterocycles. The predicted molar refractivity (Wildman–Crippen MR) is 90.7 cm³/mol. The monoisotopic (exact) mass is 335 g/mol. The van der Waals surface area contributed by atoms with Crippen molar-refractivity contribution in [1.29, 1.82) is 0 Å². The van der Waals surface area contributed by atoms with E-state index >= 15 is 0 Å². The van der Waals surface area contributed by atoms with E-state index in [0.29, 0.717) is 17.9 Å². The van der Waals surface area contributed by atoms with Crippen LogP contribution >= 0.6 is 11.6 Å². The summed E-state index contributed by atoms with van der Waals surface area (Å²) < 4.78 is 19.0. The molecule has 1 amide bonds. The minimum Gasteiger partial charge on any atom is -0.480 e. The maximum absolute atomic E-state index is 13.2. The standard InChI is InChI=1S/C18H19ClFNO2/c1-4-16(23-17-7-5-6-11(2)12(17)3)18(22)21-13-8-9-15(20)14(19)10-13/h5-10,16H,4H2,1-3H3,(H,21,22)/t16-/m1/s1. The number of anilines is 1. The van der Waals surface area contributed by atoms with Crippen molar-refractivity contribution in [2.24, 2.45) is 0 Å². The molecule has 0 aliphatic rings. The van der Waals surface area contributed by atoms with E-state index in [1.54, 1.807) is 0 Å². The molecule has 3 nitrogen and oxygen atoms in total. The van der Waals surface area contributed by atoms with Crippen molar-refractivity contribution in [1.82, 2.24) is 0 Å². The molecular formula is C18H19ClFNO2. The van der Waals surface area contributed by atoms with Crippen molar-refractivity contribution in [3.8, 4) is 5.75 Å². The first-order valence-electron chi connectivity index (χ1n) is 7.41. The van der Waals surface area contributed by atoms with E-state index in [-0.39, 0.29) is 10.9 Å². The Bertz CT molecular complexity index is 718. The van der Waals surface area contributed by atoms with E-state index in [9.17, 15) is 9.18 Å². The van der Waals surface area contributed by atoms with Gasteiger partial charge < -0.3 is 10.1 Å². The summed E-state index contributed by atoms with van der Waals surface area (Å²) in [5, 5.41) is 2.66. The highest BCUT2D eigenvalue weighted by atomic mass is 35.5. The number of halogens is 2. The summed E-state index contributed by atoms with van der Waals surface area (Å²) in [6.45, 7) is 5.81. The molecule has 0 aliphatic carbocycles. The van der Waals surface area contributed by atoms with E-state index < -0.39 is 11.9 Å². The first kappa shape index (κ1) is 17.3. The topological polar surface area (TPSA) is 38.3 Å². The van der Waals surface area contributed by atoms with Crippen LogP contribution in [0, 0.1) is 19.7 Å². The Morgan fingerprint density at radius 1 is 1.30 bits per heavy atom. The average molecular weight is 336 g/mol. The fraction of sp³-hybridized carbons (Fsp3) is 0.278. The lowest BCUT2D eigenvalue weighted by Crippen LogP contribution is -2.32. The van der Waals surface area contributed by atoms with E-state index in [1.807, 2.05) is 39.0 Å². The van der Waals surface area contributed by atoms with Gasteiger partial charge in [-0.25, -0.2) is 4.39 Å². The summed E-state index contributed by atoms with van der Waals surface area (Å²) in [5.41, 5.74) is 2.54. The quantitative estimate of drug-likeness (QED) is 0.844. The predicted octanol–water partition coefficient (Wildman–Crippen LogP) is 4.89. The number of hydrogen-bond donors (Lipinski definition) is 1. The molecule has 0 radical (unpaired) electrons. The third-order valence-corrected chi connectivity index (χ3v) is 3.96. The molecule has 122 valence electrons. The van der Waals surface area contributed by atoms with Crippen LogP contribution in [-0.2, 0) is 4.79 Å². The maximum Gasteiger partial charge on any atom is 0.265 e. The zero-order chi connectivity index (χ0) is 17.0. The Labute approximate surface area is 140 Å². The van der Waals surface area contributed by atoms with Crippen molar-refractivity contribution in [2.75, 3.05) is 5.32 Å². The van der Waals surface area contributed by atoms with Crippen molar-refractivity contribution in [3.63, 3.8) is 0 Å². The number of benzene rings is 2. The minimum atomic E-state index is -0.640. The van der Waals surface area contributed by atoms with Gasteiger partial charge >= 0.3 is 0 Å². The van der Waals surface area contributed by atoms with Crippen molar-refractivity contribution < 1.29 is 13.9 Å². The van der Waals surface area contributed by atoms with Crippen LogP contribution in [0.3, 0.4) is 0 Å². The van der Waals surface area contributed by atoms with Gasteiger partial charge in [0.1, 0.15) is 11.6 Å². The second-order valence-electron chi connectivity index (χ2n) is 5.33. The lowest BCUT2D eigenvalue weighted by Gasteiger charge is -2.19. The van der Waals surface area contributed by atoms with Gasteiger partial charge in [0.2, 0.25) is 0 Å². The second-order valence-corrected chi connectivity index (χ2v) is 5.74. The molecule has 0 spiro atoms. The lowest BCUT2D eigenvalue weighted by atomic mass is 10.1. The van der Waals surface area contributed by atoms with Crippen LogP contribution in [0.4, 0.5) is 10.1 Å². The number of carbonyl (C=O) groups is 1. The molecule has 0 unspecified atom stereocenters. The molecule has 5 heteroatoms. The summed E-state index contributed by atoms with van der Waals surface area (Å²) in [7, 11) is 0. The number of carbonyl (C=O) groups excluding carboxylic acids is 1. The number of hydrogen-bond acceptors (Lipinski definition) is 2. The van der Waals surface area contributed by atoms with Crippen molar-refractivity contribution in [2.45, 2.75) is 33.3 Å². The third kappa shape index (κ3) is 4.23. The number of ether oxygens (including phenoxy) is 1. The van der Waals surface area contributed by atoms with Crippen LogP contribution in [0.5, 0.6) is 5.75 Å². The van der Waals surface area contributed by atoms with Gasteiger partial charge in [-0.2, -0.15) is 0 Å². The van der Waals surface area contributed by atoms with E-state index in [4.69, 9.17) is 16.3 Å². The highest BCUT2D eigenvalue weighted by Crippen LogP contribution is 2.24. The number of nitrogens with one attached hydrogen (secondary N) is 1. The van der Waals surface area contributed by atoms with E-state index in [0.717, 1.165) is 11.1 Å². The van der Waals surface area contributed by atoms with Gasteiger partial charge in [0.05, 0.1) is 5.02 Å². The lowest BCUT2D eigenvalue weighted by molar-refractivity contribution is -0.122. The summed E-state index contributed by atoms with van der Waals surface area (Å²) in [6, 6.07) is 9.77. The fourth-order valence-corrected chi connectivity index (χ4v) is 2.30. The Morgan fingerprint density at radius 3 is 2.70 bits per heavy atom. The van der Waals surface area contributed by atoms with Crippen LogP contribution in [-0.4, -0.2) is 12.0 Å². The molecule has 1 atom stereocenters. The van der Waals surface area contributed by atoms with Crippen LogP contribution in [0.25, 0.3) is 0 Å². The zero-order valence-corrected chi connectivity index (χ0v) is 14.1. The van der Waals surface area contributed by atoms with Gasteiger partial charge in [-0.05, 0) is 55.7 Å². The molecule has 2 rings (SSSR count). The molecule has 23 heavy (non-hydrogen) atoms. The molecule has 0 saturated carbocycles. The first-order chi connectivity index (χ1) is 10.9. The molecule has 2 aromatic carbocycles. The minimum absolute atomic E-state index is 0.0358. The van der Waals surface area contributed by atoms with E-state index in [2.05, 4.69) is 5.32 Å². The molecule has 0 fully saturated rings. The van der Waals surface area contributed by atoms with Gasteiger partial charge in [-0.15, -0.1) is 0 Å². The molecule has 0 bridgehead atoms. The molecule has 0 aromatic heterocycles. The Morgan fingerprint density at radius 2 is 2.04 bits per heavy atom. The summed E-state index contributed by atoms with van der Waals surface area (Å²) >= 11 is 5.72. The largest absolute Gasteiger partial charge is 0.480 e. The van der Waals surface area contributed by atoms with Crippen LogP contribution in [0.2, 0.25) is 5.02 Å². The van der Waals surface area contributed by atoms with Gasteiger partial charge in [0, 0.05) is 5.69 Å². The van der Waals surface area contributed by atoms with Crippen molar-refractivity contribution in [3.05, 3.63) is 58.4 Å². The molecular weight excluding hydrogens is 317 g/mol. The number of amides is 1. The normalized spacial score (nSPS) is 11.9. The Kier molecular flexibility index (Phi) is 5.61. The smallest absolute Gasteiger partial charge is 0.265 e. The third-order valence-electron chi connectivity index (χ3n) is 3.67. The zero-order valence-electron chi connectivity index (χ0n) is 13.3. The Balaban J connectivity index is 2.12. The highest BCUT2D eigenvalue weighted by Gasteiger charge is 2.20. The SMILES string of the molecule is CC[C@@H](Oc1cccc(C)c1C)C(=O)Nc1ccc(F)c(Cl)c1. The van der Waals surface area contributed by atoms with Crippen LogP contribution < -0.4 is 10.1 Å². The highest BCUT2D eigenvalue weighted by molar-refractivity contribution is 6.31. The summed E-state index contributed by atoms with van der Waals surface area (Å²) in [6.07, 6.45) is -0.131. The molecule has 0 saturated heterocycles. The van der Waals surface area contributed by atoms with E-state index in [1.165, 1.54) is 18.2 Å². The van der Waals surface area contributed by atoms with Crippen LogP contribution in [0.15, 0.2) is 36.4 Å². The summed E-state index contributed by atoms with van der Waals surface area (Å²) in [5.74, 6) is -0.136. The molecule has 0 aliphatic heterocycles. The fourth-order valence-electron chi connectivity index (χ4n) is 2.12. The molecule has 1 N–H and O–H groups in total. The van der Waals surface area contributed by atoms with Gasteiger partial charge in [0.25, 0.3) is 5.91 Å².